The summed E-state index contributed by atoms with van der Waals surface area (Å²) in [5.41, 5.74) is 2.05. The first-order chi connectivity index (χ1) is 13.1. The van der Waals surface area contributed by atoms with Crippen LogP contribution in [-0.2, 0) is 4.79 Å². The predicted molar refractivity (Wildman–Crippen MR) is 106 cm³/mol. The molecule has 0 radical (unpaired) electrons. The van der Waals surface area contributed by atoms with Gasteiger partial charge in [-0.25, -0.2) is 4.98 Å². The van der Waals surface area contributed by atoms with Crippen LogP contribution in [0, 0.1) is 0 Å². The normalized spacial score (nSPS) is 20.0. The third-order valence-electron chi connectivity index (χ3n) is 5.22. The topological polar surface area (TPSA) is 53.5 Å². The van der Waals surface area contributed by atoms with Crippen LogP contribution in [0.4, 0.5) is 5.69 Å². The second-order valence-electron chi connectivity index (χ2n) is 6.86. The molecule has 1 aromatic heterocycles. The third kappa shape index (κ3) is 2.76. The van der Waals surface area contributed by atoms with Gasteiger partial charge in [-0.2, -0.15) is 0 Å². The standard InChI is InChI=1S/C20H16ClN3O2S/c21-12-7-8-15-13(10-12)18(25)20(26)24(15)11-23-9-3-5-16(23)19-22-14-4-1-2-6-17(14)27-19/h1-2,4,6-8,10,16H,3,5,9,11H2/t16-/m1/s1. The number of hydrogen-bond acceptors (Lipinski definition) is 5. The summed E-state index contributed by atoms with van der Waals surface area (Å²) in [5, 5.41) is 1.54. The zero-order chi connectivity index (χ0) is 18.5. The van der Waals surface area contributed by atoms with Crippen molar-refractivity contribution in [1.29, 1.82) is 0 Å². The zero-order valence-corrected chi connectivity index (χ0v) is 16.0. The average Bonchev–Trinajstić information content (AvgIpc) is 3.35. The summed E-state index contributed by atoms with van der Waals surface area (Å²) in [6.07, 6.45) is 2.05. The van der Waals surface area contributed by atoms with Gasteiger partial charge in [0.25, 0.3) is 5.78 Å². The molecule has 0 N–H and O–H groups in total. The molecule has 3 heterocycles. The van der Waals surface area contributed by atoms with E-state index in [4.69, 9.17) is 16.6 Å². The molecule has 5 nitrogen and oxygen atoms in total. The van der Waals surface area contributed by atoms with Crippen molar-refractivity contribution in [2.24, 2.45) is 0 Å². The highest BCUT2D eigenvalue weighted by molar-refractivity contribution is 7.18. The Morgan fingerprint density at radius 2 is 2.04 bits per heavy atom. The Morgan fingerprint density at radius 3 is 2.89 bits per heavy atom. The smallest absolute Gasteiger partial charge is 0.291 e. The summed E-state index contributed by atoms with van der Waals surface area (Å²) in [6, 6.07) is 13.3. The van der Waals surface area contributed by atoms with E-state index >= 15 is 0 Å². The first kappa shape index (κ1) is 16.9. The van der Waals surface area contributed by atoms with Crippen LogP contribution >= 0.6 is 22.9 Å². The molecule has 1 amide bonds. The molecule has 0 saturated carbocycles. The van der Waals surface area contributed by atoms with Crippen LogP contribution in [0.15, 0.2) is 42.5 Å². The first-order valence-electron chi connectivity index (χ1n) is 8.87. The second-order valence-corrected chi connectivity index (χ2v) is 8.35. The highest BCUT2D eigenvalue weighted by atomic mass is 35.5. The summed E-state index contributed by atoms with van der Waals surface area (Å²) in [4.78, 5) is 33.5. The molecule has 5 rings (SSSR count). The van der Waals surface area contributed by atoms with E-state index in [9.17, 15) is 9.59 Å². The molecule has 1 saturated heterocycles. The summed E-state index contributed by atoms with van der Waals surface area (Å²) in [5.74, 6) is -0.967. The molecule has 0 bridgehead atoms. The molecule has 2 aliphatic rings. The number of hydrogen-bond donors (Lipinski definition) is 0. The molecule has 1 atom stereocenters. The number of carbonyl (C=O) groups excluding carboxylic acids is 2. The van der Waals surface area contributed by atoms with Crippen LogP contribution in [-0.4, -0.2) is 34.8 Å². The van der Waals surface area contributed by atoms with Gasteiger partial charge in [0, 0.05) is 11.6 Å². The minimum Gasteiger partial charge on any atom is -0.291 e. The van der Waals surface area contributed by atoms with Gasteiger partial charge in [-0.15, -0.1) is 11.3 Å². The first-order valence-corrected chi connectivity index (χ1v) is 10.1. The van der Waals surface area contributed by atoms with Crippen molar-refractivity contribution >= 4 is 50.5 Å². The van der Waals surface area contributed by atoms with Crippen molar-refractivity contribution in [3.8, 4) is 0 Å². The molecule has 0 unspecified atom stereocenters. The number of thiazole rings is 1. The van der Waals surface area contributed by atoms with E-state index in [2.05, 4.69) is 11.0 Å². The SMILES string of the molecule is O=C1C(=O)N(CN2CCC[C@@H]2c2nc3ccccc3s2)c2ccc(Cl)cc21. The summed E-state index contributed by atoms with van der Waals surface area (Å²) >= 11 is 7.70. The van der Waals surface area contributed by atoms with Gasteiger partial charge in [0.2, 0.25) is 0 Å². The molecule has 7 heteroatoms. The molecule has 1 fully saturated rings. The lowest BCUT2D eigenvalue weighted by molar-refractivity contribution is -0.114. The van der Waals surface area contributed by atoms with E-state index in [1.165, 1.54) is 4.70 Å². The number of aromatic nitrogens is 1. The Balaban J connectivity index is 1.45. The molecule has 0 spiro atoms. The summed E-state index contributed by atoms with van der Waals surface area (Å²) in [7, 11) is 0. The van der Waals surface area contributed by atoms with Crippen LogP contribution in [0.1, 0.15) is 34.2 Å². The number of para-hydroxylation sites is 1. The van der Waals surface area contributed by atoms with Gasteiger partial charge in [0.05, 0.1) is 34.2 Å². The maximum Gasteiger partial charge on any atom is 0.300 e. The number of likely N-dealkylation sites (tertiary alicyclic amines) is 1. The van der Waals surface area contributed by atoms with Gasteiger partial charge in [0.15, 0.2) is 0 Å². The van der Waals surface area contributed by atoms with Gasteiger partial charge in [-0.3, -0.25) is 19.4 Å². The van der Waals surface area contributed by atoms with Crippen LogP contribution in [0.3, 0.4) is 0 Å². The molecule has 2 aromatic carbocycles. The van der Waals surface area contributed by atoms with Crippen LogP contribution in [0.5, 0.6) is 0 Å². The lowest BCUT2D eigenvalue weighted by Crippen LogP contribution is -2.40. The number of rotatable bonds is 3. The van der Waals surface area contributed by atoms with Crippen LogP contribution < -0.4 is 4.90 Å². The number of halogens is 1. The largest absolute Gasteiger partial charge is 0.300 e. The fourth-order valence-corrected chi connectivity index (χ4v) is 5.21. The van der Waals surface area contributed by atoms with E-state index in [1.54, 1.807) is 34.4 Å². The van der Waals surface area contributed by atoms with Gasteiger partial charge in [-0.1, -0.05) is 23.7 Å². The molecular formula is C20H16ClN3O2S. The van der Waals surface area contributed by atoms with Gasteiger partial charge >= 0.3 is 5.91 Å². The van der Waals surface area contributed by atoms with E-state index in [0.717, 1.165) is 29.9 Å². The van der Waals surface area contributed by atoms with Crippen molar-refractivity contribution in [3.05, 3.63) is 58.1 Å². The molecule has 2 aliphatic heterocycles. The van der Waals surface area contributed by atoms with E-state index in [1.807, 2.05) is 18.2 Å². The molecule has 136 valence electrons. The highest BCUT2D eigenvalue weighted by Gasteiger charge is 2.39. The quantitative estimate of drug-likeness (QED) is 0.619. The highest BCUT2D eigenvalue weighted by Crippen LogP contribution is 2.38. The van der Waals surface area contributed by atoms with E-state index < -0.39 is 11.7 Å². The number of carbonyl (C=O) groups is 2. The Labute approximate surface area is 165 Å². The molecule has 3 aromatic rings. The number of nitrogens with zero attached hydrogens (tertiary/aromatic N) is 3. The monoisotopic (exact) mass is 397 g/mol. The Hall–Kier alpha value is -2.28. The Bertz CT molecular complexity index is 1050. The maximum atomic E-state index is 12.5. The second kappa shape index (κ2) is 6.41. The fourth-order valence-electron chi connectivity index (χ4n) is 3.90. The van der Waals surface area contributed by atoms with Gasteiger partial charge in [0.1, 0.15) is 5.01 Å². The Morgan fingerprint density at radius 1 is 1.19 bits per heavy atom. The minimum absolute atomic E-state index is 0.168. The van der Waals surface area contributed by atoms with Gasteiger partial charge < -0.3 is 0 Å². The lowest BCUT2D eigenvalue weighted by atomic mass is 10.1. The fraction of sp³-hybridized carbons (Fsp3) is 0.250. The van der Waals surface area contributed by atoms with Crippen molar-refractivity contribution < 1.29 is 9.59 Å². The summed E-state index contributed by atoms with van der Waals surface area (Å²) < 4.78 is 1.17. The molecular weight excluding hydrogens is 382 g/mol. The van der Waals surface area contributed by atoms with Crippen LogP contribution in [0.25, 0.3) is 10.2 Å². The molecule has 0 aliphatic carbocycles. The summed E-state index contributed by atoms with van der Waals surface area (Å²) in [6.45, 7) is 1.27. The van der Waals surface area contributed by atoms with Crippen molar-refractivity contribution in [2.45, 2.75) is 18.9 Å². The van der Waals surface area contributed by atoms with E-state index in [0.29, 0.717) is 22.9 Å². The predicted octanol–water partition coefficient (Wildman–Crippen LogP) is 4.27. The van der Waals surface area contributed by atoms with Crippen molar-refractivity contribution in [3.63, 3.8) is 0 Å². The van der Waals surface area contributed by atoms with Gasteiger partial charge in [-0.05, 0) is 43.2 Å². The number of fused-ring (bicyclic) bond motifs is 2. The molecule has 27 heavy (non-hydrogen) atoms. The third-order valence-corrected chi connectivity index (χ3v) is 6.59. The zero-order valence-electron chi connectivity index (χ0n) is 14.4. The van der Waals surface area contributed by atoms with E-state index in [-0.39, 0.29) is 6.04 Å². The number of benzene rings is 2. The maximum absolute atomic E-state index is 12.5. The number of ketones is 1. The Kier molecular flexibility index (Phi) is 4.00. The van der Waals surface area contributed by atoms with Crippen molar-refractivity contribution in [2.75, 3.05) is 18.1 Å². The average molecular weight is 398 g/mol. The number of Topliss-reactive ketones (excluding diaryl/α,β-unsaturated/α-hetero) is 1. The minimum atomic E-state index is -0.484. The number of amides is 1. The number of anilines is 1. The van der Waals surface area contributed by atoms with Crippen molar-refractivity contribution in [1.82, 2.24) is 9.88 Å². The lowest BCUT2D eigenvalue weighted by Gasteiger charge is -2.28. The van der Waals surface area contributed by atoms with Crippen LogP contribution in [0.2, 0.25) is 5.02 Å².